The molecule has 2 saturated carbocycles. The molecule has 7 nitrogen and oxygen atoms in total. The molecule has 0 unspecified atom stereocenters. The molecular formula is C25H48N2O5. The Bertz CT molecular complexity index is 521. The molecule has 2 rings (SSSR count). The second-order valence-corrected chi connectivity index (χ2v) is 10.6. The van der Waals surface area contributed by atoms with Gasteiger partial charge in [-0.15, -0.1) is 0 Å². The highest BCUT2D eigenvalue weighted by molar-refractivity contribution is 5.69. The fraction of sp³-hybridized carbons (Fsp3) is 0.920. The molecule has 0 spiro atoms. The Balaban J connectivity index is 0.000000339. The quantitative estimate of drug-likeness (QED) is 0.409. The number of aliphatic carboxylic acids is 1. The number of nitrogens with one attached hydrogen (secondary N) is 2. The fourth-order valence-electron chi connectivity index (χ4n) is 4.49. The molecule has 32 heavy (non-hydrogen) atoms. The van der Waals surface area contributed by atoms with E-state index in [1.54, 1.807) is 20.8 Å². The van der Waals surface area contributed by atoms with Crippen LogP contribution in [0.5, 0.6) is 0 Å². The zero-order valence-electron chi connectivity index (χ0n) is 21.0. The van der Waals surface area contributed by atoms with E-state index in [9.17, 15) is 14.7 Å². The van der Waals surface area contributed by atoms with Gasteiger partial charge in [-0.05, 0) is 52.4 Å². The number of alkyl carbamates (subject to hydrolysis) is 1. The van der Waals surface area contributed by atoms with Crippen LogP contribution in [0.2, 0.25) is 0 Å². The summed E-state index contributed by atoms with van der Waals surface area (Å²) in [6.07, 6.45) is 13.1. The van der Waals surface area contributed by atoms with Crippen molar-refractivity contribution in [2.75, 3.05) is 0 Å². The Morgan fingerprint density at radius 1 is 0.969 bits per heavy atom. The lowest BCUT2D eigenvalue weighted by Crippen LogP contribution is -2.49. The second kappa shape index (κ2) is 14.7. The van der Waals surface area contributed by atoms with Crippen molar-refractivity contribution in [3.8, 4) is 0 Å². The Kier molecular flexibility index (Phi) is 13.2. The Labute approximate surface area is 195 Å². The monoisotopic (exact) mass is 456 g/mol. The SMILES string of the molecule is C1CCC(NC2CCCCC2)CC1.CC[C@@H](C)[C@@H](NC(=O)OC(C)(C)C)[C@@H](O)CC(=O)O. The molecule has 1 amide bonds. The number of rotatable bonds is 8. The van der Waals surface area contributed by atoms with Gasteiger partial charge in [0.25, 0.3) is 0 Å². The van der Waals surface area contributed by atoms with Crippen molar-refractivity contribution < 1.29 is 24.5 Å². The minimum absolute atomic E-state index is 0.0538. The molecule has 188 valence electrons. The lowest BCUT2D eigenvalue weighted by Gasteiger charge is -2.30. The third kappa shape index (κ3) is 12.6. The smallest absolute Gasteiger partial charge is 0.407 e. The molecule has 0 aliphatic heterocycles. The number of carboxylic acids is 1. The van der Waals surface area contributed by atoms with Crippen LogP contribution in [0.3, 0.4) is 0 Å². The maximum Gasteiger partial charge on any atom is 0.407 e. The second-order valence-electron chi connectivity index (χ2n) is 10.6. The summed E-state index contributed by atoms with van der Waals surface area (Å²) in [5.41, 5.74) is -0.637. The maximum atomic E-state index is 11.7. The number of hydrogen-bond acceptors (Lipinski definition) is 5. The highest BCUT2D eigenvalue weighted by Gasteiger charge is 2.29. The van der Waals surface area contributed by atoms with Gasteiger partial charge in [-0.2, -0.15) is 0 Å². The van der Waals surface area contributed by atoms with E-state index in [0.717, 1.165) is 12.1 Å². The van der Waals surface area contributed by atoms with Crippen molar-refractivity contribution in [1.82, 2.24) is 10.6 Å². The molecule has 2 aliphatic carbocycles. The normalized spacial score (nSPS) is 20.9. The van der Waals surface area contributed by atoms with Crippen LogP contribution in [0, 0.1) is 5.92 Å². The van der Waals surface area contributed by atoms with Gasteiger partial charge in [0, 0.05) is 12.1 Å². The molecule has 0 bridgehead atoms. The van der Waals surface area contributed by atoms with Crippen LogP contribution < -0.4 is 10.6 Å². The van der Waals surface area contributed by atoms with Gasteiger partial charge < -0.3 is 25.6 Å². The van der Waals surface area contributed by atoms with Crippen LogP contribution in [0.4, 0.5) is 4.79 Å². The lowest BCUT2D eigenvalue weighted by atomic mass is 9.91. The molecule has 7 heteroatoms. The van der Waals surface area contributed by atoms with Crippen LogP contribution in [0.1, 0.15) is 112 Å². The average molecular weight is 457 g/mol. The van der Waals surface area contributed by atoms with Gasteiger partial charge >= 0.3 is 12.1 Å². The number of aliphatic hydroxyl groups is 1. The lowest BCUT2D eigenvalue weighted by molar-refractivity contribution is -0.139. The van der Waals surface area contributed by atoms with Crippen LogP contribution >= 0.6 is 0 Å². The Morgan fingerprint density at radius 3 is 1.81 bits per heavy atom. The van der Waals surface area contributed by atoms with E-state index in [2.05, 4.69) is 10.6 Å². The van der Waals surface area contributed by atoms with Gasteiger partial charge in [0.05, 0.1) is 18.6 Å². The van der Waals surface area contributed by atoms with Crippen molar-refractivity contribution in [3.63, 3.8) is 0 Å². The number of amides is 1. The molecule has 3 atom stereocenters. The van der Waals surface area contributed by atoms with Gasteiger partial charge in [0.2, 0.25) is 0 Å². The summed E-state index contributed by atoms with van der Waals surface area (Å²) < 4.78 is 5.11. The third-order valence-electron chi connectivity index (χ3n) is 6.42. The van der Waals surface area contributed by atoms with Gasteiger partial charge in [-0.25, -0.2) is 4.79 Å². The zero-order valence-corrected chi connectivity index (χ0v) is 21.0. The van der Waals surface area contributed by atoms with Gasteiger partial charge in [0.1, 0.15) is 5.60 Å². The Hall–Kier alpha value is -1.34. The fourth-order valence-corrected chi connectivity index (χ4v) is 4.49. The molecule has 0 aromatic rings. The van der Waals surface area contributed by atoms with Crippen molar-refractivity contribution in [1.29, 1.82) is 0 Å². The Morgan fingerprint density at radius 2 is 1.44 bits per heavy atom. The van der Waals surface area contributed by atoms with Gasteiger partial charge in [-0.3, -0.25) is 4.79 Å². The first-order chi connectivity index (χ1) is 15.0. The number of hydrogen-bond donors (Lipinski definition) is 4. The summed E-state index contributed by atoms with van der Waals surface area (Å²) in [5, 5.41) is 25.0. The number of ether oxygens (including phenoxy) is 1. The van der Waals surface area contributed by atoms with Crippen LogP contribution in [0.15, 0.2) is 0 Å². The van der Waals surface area contributed by atoms with Crippen LogP contribution in [0.25, 0.3) is 0 Å². The number of carbonyl (C=O) groups excluding carboxylic acids is 1. The van der Waals surface area contributed by atoms with E-state index in [-0.39, 0.29) is 5.92 Å². The van der Waals surface area contributed by atoms with E-state index in [1.165, 1.54) is 64.2 Å². The summed E-state index contributed by atoms with van der Waals surface area (Å²) in [7, 11) is 0. The van der Waals surface area contributed by atoms with Crippen LogP contribution in [-0.2, 0) is 9.53 Å². The predicted octanol–water partition coefficient (Wildman–Crippen LogP) is 5.00. The first-order valence-electron chi connectivity index (χ1n) is 12.7. The average Bonchev–Trinajstić information content (AvgIpc) is 2.71. The number of carbonyl (C=O) groups is 2. The minimum atomic E-state index is -1.14. The summed E-state index contributed by atoms with van der Waals surface area (Å²) >= 11 is 0. The van der Waals surface area contributed by atoms with Crippen LogP contribution in [-0.4, -0.2) is 52.1 Å². The number of aliphatic hydroxyl groups excluding tert-OH is 1. The topological polar surface area (TPSA) is 108 Å². The van der Waals surface area contributed by atoms with E-state index >= 15 is 0 Å². The molecule has 0 saturated heterocycles. The highest BCUT2D eigenvalue weighted by atomic mass is 16.6. The summed E-state index contributed by atoms with van der Waals surface area (Å²) in [6, 6.07) is 1.10. The predicted molar refractivity (Wildman–Crippen MR) is 128 cm³/mol. The molecule has 0 aromatic heterocycles. The first kappa shape index (κ1) is 28.7. The van der Waals surface area contributed by atoms with E-state index in [0.29, 0.717) is 6.42 Å². The molecule has 0 aromatic carbocycles. The summed E-state index contributed by atoms with van der Waals surface area (Å²) in [5.74, 6) is -1.16. The van der Waals surface area contributed by atoms with Crippen molar-refractivity contribution in [2.45, 2.75) is 141 Å². The molecule has 0 radical (unpaired) electrons. The van der Waals surface area contributed by atoms with Crippen molar-refractivity contribution >= 4 is 12.1 Å². The third-order valence-corrected chi connectivity index (χ3v) is 6.42. The minimum Gasteiger partial charge on any atom is -0.481 e. The van der Waals surface area contributed by atoms with Crippen molar-refractivity contribution in [2.24, 2.45) is 5.92 Å². The standard InChI is InChI=1S/C13H25NO5.C12H23N/c1-6-8(2)11(9(15)7-10(16)17)14-12(18)19-13(3,4)5;1-3-7-11(8-4-1)13-12-9-5-2-6-10-12/h8-9,11,15H,6-7H2,1-5H3,(H,14,18)(H,16,17);11-13H,1-10H2/t8-,9+,11-;/m1./s1. The molecule has 0 heterocycles. The van der Waals surface area contributed by atoms with Crippen molar-refractivity contribution in [3.05, 3.63) is 0 Å². The molecule has 4 N–H and O–H groups in total. The van der Waals surface area contributed by atoms with Gasteiger partial charge in [0.15, 0.2) is 0 Å². The molecular weight excluding hydrogens is 408 g/mol. The largest absolute Gasteiger partial charge is 0.481 e. The summed E-state index contributed by atoms with van der Waals surface area (Å²) in [4.78, 5) is 22.3. The van der Waals surface area contributed by atoms with Gasteiger partial charge in [-0.1, -0.05) is 58.8 Å². The number of carboxylic acid groups (broad SMARTS) is 1. The van der Waals surface area contributed by atoms with E-state index < -0.39 is 36.2 Å². The molecule has 2 fully saturated rings. The zero-order chi connectivity index (χ0) is 24.1. The summed E-state index contributed by atoms with van der Waals surface area (Å²) in [6.45, 7) is 8.95. The highest BCUT2D eigenvalue weighted by Crippen LogP contribution is 2.22. The maximum absolute atomic E-state index is 11.7. The van der Waals surface area contributed by atoms with E-state index in [1.807, 2.05) is 13.8 Å². The molecule has 2 aliphatic rings. The van der Waals surface area contributed by atoms with E-state index in [4.69, 9.17) is 9.84 Å². The first-order valence-corrected chi connectivity index (χ1v) is 12.7.